The molecule has 0 N–H and O–H groups in total. The molecule has 0 amide bonds. The number of nitrogens with zero attached hydrogens (tertiary/aromatic N) is 3. The Balaban J connectivity index is 1.77. The first-order valence-electron chi connectivity index (χ1n) is 12.7. The average Bonchev–Trinajstić information content (AvgIpc) is 3.01. The molecule has 4 aromatic rings. The quantitative estimate of drug-likeness (QED) is 0.124. The van der Waals surface area contributed by atoms with Crippen molar-refractivity contribution in [2.45, 2.75) is 13.5 Å². The molecule has 0 bridgehead atoms. The molecule has 4 heteroatoms. The number of hydrogen-bond donors (Lipinski definition) is 0. The van der Waals surface area contributed by atoms with Gasteiger partial charge in [-0.25, -0.2) is 9.98 Å². The summed E-state index contributed by atoms with van der Waals surface area (Å²) in [5, 5.41) is 0.666. The summed E-state index contributed by atoms with van der Waals surface area (Å²) in [5.41, 5.74) is 6.97. The fraction of sp³-hybridized carbons (Fsp3) is 0.0571. The van der Waals surface area contributed by atoms with Gasteiger partial charge in [0, 0.05) is 16.2 Å². The summed E-state index contributed by atoms with van der Waals surface area (Å²) >= 11 is 6.27. The molecule has 0 saturated heterocycles. The molecule has 0 fully saturated rings. The first kappa shape index (κ1) is 27.4. The maximum Gasteiger partial charge on any atom is 0.161 e. The zero-order valence-electron chi connectivity index (χ0n) is 22.0. The second-order valence-corrected chi connectivity index (χ2v) is 9.16. The predicted octanol–water partition coefficient (Wildman–Crippen LogP) is 9.16. The smallest absolute Gasteiger partial charge is 0.161 e. The van der Waals surface area contributed by atoms with Crippen LogP contribution in [0.25, 0.3) is 16.7 Å². The maximum absolute atomic E-state index is 6.27. The van der Waals surface area contributed by atoms with Gasteiger partial charge in [0.2, 0.25) is 0 Å². The number of allylic oxidation sites excluding steroid dienone is 5. The number of benzene rings is 4. The van der Waals surface area contributed by atoms with Crippen molar-refractivity contribution in [2.24, 2.45) is 15.0 Å². The van der Waals surface area contributed by atoms with E-state index in [-0.39, 0.29) is 0 Å². The van der Waals surface area contributed by atoms with E-state index < -0.39 is 0 Å². The fourth-order valence-corrected chi connectivity index (χ4v) is 4.15. The highest BCUT2D eigenvalue weighted by molar-refractivity contribution is 6.31. The van der Waals surface area contributed by atoms with E-state index in [0.29, 0.717) is 23.2 Å². The van der Waals surface area contributed by atoms with E-state index in [1.165, 1.54) is 0 Å². The predicted molar refractivity (Wildman–Crippen MR) is 169 cm³/mol. The monoisotopic (exact) mass is 527 g/mol. The molecule has 0 aliphatic carbocycles. The van der Waals surface area contributed by atoms with Gasteiger partial charge in [0.05, 0.1) is 6.54 Å². The lowest BCUT2D eigenvalue weighted by Gasteiger charge is -2.10. The van der Waals surface area contributed by atoms with Crippen LogP contribution in [0.4, 0.5) is 0 Å². The van der Waals surface area contributed by atoms with Crippen LogP contribution in [-0.2, 0) is 6.54 Å². The minimum absolute atomic E-state index is 0.498. The highest BCUT2D eigenvalue weighted by Crippen LogP contribution is 2.27. The Morgan fingerprint density at radius 1 is 0.744 bits per heavy atom. The van der Waals surface area contributed by atoms with Crippen LogP contribution in [0.5, 0.6) is 0 Å². The molecule has 0 radical (unpaired) electrons. The van der Waals surface area contributed by atoms with Gasteiger partial charge in [0.1, 0.15) is 0 Å². The van der Waals surface area contributed by atoms with E-state index in [1.54, 1.807) is 0 Å². The zero-order valence-corrected chi connectivity index (χ0v) is 22.7. The third-order valence-corrected chi connectivity index (χ3v) is 6.41. The van der Waals surface area contributed by atoms with E-state index in [4.69, 9.17) is 21.6 Å². The molecule has 0 unspecified atom stereocenters. The first-order chi connectivity index (χ1) is 19.1. The van der Waals surface area contributed by atoms with Crippen molar-refractivity contribution in [1.82, 2.24) is 0 Å². The lowest BCUT2D eigenvalue weighted by atomic mass is 9.97. The highest BCUT2D eigenvalue weighted by atomic mass is 35.5. The van der Waals surface area contributed by atoms with E-state index in [9.17, 15) is 0 Å². The van der Waals surface area contributed by atoms with Gasteiger partial charge in [-0.3, -0.25) is 4.99 Å². The standard InChI is InChI=1S/C35H30ClN3/c1-4-27(24-33(36)5-2)29-18-12-19-30(22-29)31-20-13-21-32(23-31)35(38-25-26-14-8-6-9-15-26)39-34(37-3)28-16-10-7-11-17-28/h4-24H,1,3,25H2,2H3/b27-24+,33-5+,38-35?,39-34?. The highest BCUT2D eigenvalue weighted by Gasteiger charge is 2.10. The summed E-state index contributed by atoms with van der Waals surface area (Å²) in [6.07, 6.45) is 5.59. The van der Waals surface area contributed by atoms with Crippen LogP contribution in [0.15, 0.2) is 154 Å². The van der Waals surface area contributed by atoms with Crippen LogP contribution in [0.3, 0.4) is 0 Å². The SMILES string of the molecule is C=C/C(=C\C(Cl)=C/C)c1cccc(-c2cccc(C(=NCc3ccccc3)N=C(N=C)c3ccccc3)c2)c1. The second-order valence-electron chi connectivity index (χ2n) is 8.72. The van der Waals surface area contributed by atoms with Gasteiger partial charge in [0.25, 0.3) is 0 Å². The van der Waals surface area contributed by atoms with Crippen molar-refractivity contribution >= 4 is 35.6 Å². The number of rotatable bonds is 8. The molecule has 3 nitrogen and oxygen atoms in total. The van der Waals surface area contributed by atoms with Gasteiger partial charge in [0.15, 0.2) is 11.7 Å². The number of aliphatic imine (C=N–C) groups is 3. The molecule has 192 valence electrons. The minimum atomic E-state index is 0.498. The van der Waals surface area contributed by atoms with Gasteiger partial charge < -0.3 is 0 Å². The van der Waals surface area contributed by atoms with Gasteiger partial charge in [-0.1, -0.05) is 127 Å². The molecule has 39 heavy (non-hydrogen) atoms. The molecule has 0 atom stereocenters. The van der Waals surface area contributed by atoms with E-state index in [1.807, 2.05) is 91.9 Å². The van der Waals surface area contributed by atoms with Crippen LogP contribution in [0.2, 0.25) is 0 Å². The Labute approximate surface area is 236 Å². The summed E-state index contributed by atoms with van der Waals surface area (Å²) in [5.74, 6) is 1.12. The van der Waals surface area contributed by atoms with Crippen molar-refractivity contribution in [3.05, 3.63) is 161 Å². The van der Waals surface area contributed by atoms with Gasteiger partial charge >= 0.3 is 0 Å². The third-order valence-electron chi connectivity index (χ3n) is 6.09. The van der Waals surface area contributed by atoms with Gasteiger partial charge in [-0.2, -0.15) is 0 Å². The van der Waals surface area contributed by atoms with Crippen molar-refractivity contribution < 1.29 is 0 Å². The fourth-order valence-electron chi connectivity index (χ4n) is 4.03. The Bertz CT molecular complexity index is 1560. The molecule has 0 aliphatic heterocycles. The van der Waals surface area contributed by atoms with E-state index >= 15 is 0 Å². The van der Waals surface area contributed by atoms with Crippen LogP contribution in [0.1, 0.15) is 29.2 Å². The average molecular weight is 528 g/mol. The second kappa shape index (κ2) is 13.8. The maximum atomic E-state index is 6.27. The van der Waals surface area contributed by atoms with Crippen LogP contribution in [0, 0.1) is 0 Å². The summed E-state index contributed by atoms with van der Waals surface area (Å²) in [6, 6.07) is 36.5. The van der Waals surface area contributed by atoms with Crippen LogP contribution >= 0.6 is 11.6 Å². The van der Waals surface area contributed by atoms with E-state index in [2.05, 4.69) is 60.8 Å². The molecule has 4 rings (SSSR count). The molecule has 0 spiro atoms. The number of amidine groups is 2. The largest absolute Gasteiger partial charge is 0.261 e. The van der Waals surface area contributed by atoms with Crippen LogP contribution < -0.4 is 0 Å². The topological polar surface area (TPSA) is 37.1 Å². The molecule has 0 heterocycles. The normalized spacial score (nSPS) is 12.8. The van der Waals surface area contributed by atoms with E-state index in [0.717, 1.165) is 39.0 Å². The van der Waals surface area contributed by atoms with Crippen molar-refractivity contribution in [3.63, 3.8) is 0 Å². The molecule has 0 aromatic heterocycles. The Kier molecular flexibility index (Phi) is 9.71. The molecule has 0 saturated carbocycles. The van der Waals surface area contributed by atoms with Crippen molar-refractivity contribution in [1.29, 1.82) is 0 Å². The Morgan fingerprint density at radius 3 is 1.95 bits per heavy atom. The van der Waals surface area contributed by atoms with Crippen LogP contribution in [-0.4, -0.2) is 18.4 Å². The molecular weight excluding hydrogens is 498 g/mol. The van der Waals surface area contributed by atoms with Crippen molar-refractivity contribution in [2.75, 3.05) is 0 Å². The first-order valence-corrected chi connectivity index (χ1v) is 13.1. The molecular formula is C35H30ClN3. The summed E-state index contributed by atoms with van der Waals surface area (Å²) < 4.78 is 0. The zero-order chi connectivity index (χ0) is 27.5. The molecule has 4 aromatic carbocycles. The summed E-state index contributed by atoms with van der Waals surface area (Å²) in [4.78, 5) is 14.0. The number of hydrogen-bond acceptors (Lipinski definition) is 1. The number of halogens is 1. The van der Waals surface area contributed by atoms with Crippen molar-refractivity contribution in [3.8, 4) is 11.1 Å². The van der Waals surface area contributed by atoms with Gasteiger partial charge in [-0.15, -0.1) is 0 Å². The lowest BCUT2D eigenvalue weighted by molar-refractivity contribution is 1.06. The summed E-state index contributed by atoms with van der Waals surface area (Å²) in [6.45, 7) is 10.1. The minimum Gasteiger partial charge on any atom is -0.261 e. The Hall–Kier alpha value is -4.60. The lowest BCUT2D eigenvalue weighted by Crippen LogP contribution is -2.05. The third kappa shape index (κ3) is 7.47. The van der Waals surface area contributed by atoms with Gasteiger partial charge in [-0.05, 0) is 59.7 Å². The molecule has 0 aliphatic rings. The Morgan fingerprint density at radius 2 is 1.33 bits per heavy atom. The summed E-state index contributed by atoms with van der Waals surface area (Å²) in [7, 11) is 0.